The number of para-hydroxylation sites is 1. The topological polar surface area (TPSA) is 70.1 Å². The SMILES string of the molecule is CN1CCC23C(=O)CC4(O)C(=CCOC5CC(=O)N(c6ccccc62)C3C54)C1. The molecular formula is C22H24N2O4. The van der Waals surface area contributed by atoms with Crippen molar-refractivity contribution in [3.05, 3.63) is 41.5 Å². The number of fused-ring (bicyclic) bond motifs is 6. The fourth-order valence-corrected chi connectivity index (χ4v) is 6.65. The lowest BCUT2D eigenvalue weighted by atomic mass is 9.53. The van der Waals surface area contributed by atoms with Crippen LogP contribution in [0.15, 0.2) is 35.9 Å². The molecule has 4 fully saturated rings. The largest absolute Gasteiger partial charge is 0.385 e. The number of anilines is 1. The number of carbonyl (C=O) groups is 2. The number of ether oxygens (including phenoxy) is 1. The molecular weight excluding hydrogens is 356 g/mol. The Labute approximate surface area is 163 Å². The molecule has 1 saturated carbocycles. The van der Waals surface area contributed by atoms with Crippen molar-refractivity contribution in [1.29, 1.82) is 0 Å². The second kappa shape index (κ2) is 5.32. The summed E-state index contributed by atoms with van der Waals surface area (Å²) in [6.45, 7) is 1.74. The van der Waals surface area contributed by atoms with Crippen LogP contribution in [0.1, 0.15) is 24.8 Å². The van der Waals surface area contributed by atoms with Crippen LogP contribution in [0.4, 0.5) is 5.69 Å². The number of Topliss-reactive ketones (excluding diaryl/α,β-unsaturated/α-hetero) is 1. The van der Waals surface area contributed by atoms with E-state index >= 15 is 0 Å². The molecule has 28 heavy (non-hydrogen) atoms. The predicted octanol–water partition coefficient (Wildman–Crippen LogP) is 1.02. The van der Waals surface area contributed by atoms with Crippen LogP contribution in [0.5, 0.6) is 0 Å². The maximum atomic E-state index is 13.8. The molecule has 5 aliphatic heterocycles. The summed E-state index contributed by atoms with van der Waals surface area (Å²) in [4.78, 5) is 31.0. The van der Waals surface area contributed by atoms with Crippen molar-refractivity contribution in [1.82, 2.24) is 4.90 Å². The highest BCUT2D eigenvalue weighted by Crippen LogP contribution is 2.61. The van der Waals surface area contributed by atoms with E-state index in [0.29, 0.717) is 19.6 Å². The van der Waals surface area contributed by atoms with E-state index in [9.17, 15) is 14.7 Å². The molecule has 1 aromatic rings. The zero-order chi connectivity index (χ0) is 19.3. The maximum Gasteiger partial charge on any atom is 0.229 e. The minimum absolute atomic E-state index is 0.00586. The molecule has 1 N–H and O–H groups in total. The highest BCUT2D eigenvalue weighted by Gasteiger charge is 2.71. The number of amides is 1. The first-order valence-corrected chi connectivity index (χ1v) is 10.1. The monoisotopic (exact) mass is 380 g/mol. The first-order valence-electron chi connectivity index (χ1n) is 10.1. The summed E-state index contributed by atoms with van der Waals surface area (Å²) >= 11 is 0. The van der Waals surface area contributed by atoms with Crippen LogP contribution in [0.3, 0.4) is 0 Å². The van der Waals surface area contributed by atoms with Crippen molar-refractivity contribution < 1.29 is 19.4 Å². The van der Waals surface area contributed by atoms with Gasteiger partial charge >= 0.3 is 0 Å². The second-order valence-corrected chi connectivity index (χ2v) is 9.04. The molecule has 1 aromatic carbocycles. The third kappa shape index (κ3) is 1.80. The van der Waals surface area contributed by atoms with Crippen molar-refractivity contribution >= 4 is 17.4 Å². The first-order chi connectivity index (χ1) is 13.5. The van der Waals surface area contributed by atoms with E-state index in [4.69, 9.17) is 4.74 Å². The van der Waals surface area contributed by atoms with Crippen LogP contribution < -0.4 is 4.90 Å². The number of rotatable bonds is 0. The fraction of sp³-hybridized carbons (Fsp3) is 0.545. The van der Waals surface area contributed by atoms with Gasteiger partial charge in [0.15, 0.2) is 0 Å². The van der Waals surface area contributed by atoms with Gasteiger partial charge in [0.1, 0.15) is 11.4 Å². The number of aliphatic hydroxyl groups is 1. The Kier molecular flexibility index (Phi) is 3.21. The summed E-state index contributed by atoms with van der Waals surface area (Å²) in [5.74, 6) is -0.244. The number of carbonyl (C=O) groups excluding carboxylic acids is 2. The van der Waals surface area contributed by atoms with Crippen molar-refractivity contribution in [2.45, 2.75) is 42.4 Å². The van der Waals surface area contributed by atoms with Crippen molar-refractivity contribution in [3.63, 3.8) is 0 Å². The molecule has 6 aliphatic rings. The molecule has 5 heterocycles. The van der Waals surface area contributed by atoms with E-state index in [-0.39, 0.29) is 42.6 Å². The number of hydrogen-bond donors (Lipinski definition) is 1. The molecule has 1 spiro atoms. The van der Waals surface area contributed by atoms with Crippen LogP contribution in [0, 0.1) is 5.92 Å². The fourth-order valence-electron chi connectivity index (χ4n) is 6.65. The van der Waals surface area contributed by atoms with E-state index in [1.807, 2.05) is 42.3 Å². The lowest BCUT2D eigenvalue weighted by Crippen LogP contribution is -2.71. The van der Waals surface area contributed by atoms with Crippen LogP contribution in [-0.4, -0.2) is 66.2 Å². The van der Waals surface area contributed by atoms with Crippen molar-refractivity contribution in [2.24, 2.45) is 5.92 Å². The molecule has 4 bridgehead atoms. The van der Waals surface area contributed by atoms with Gasteiger partial charge in [-0.3, -0.25) is 9.59 Å². The van der Waals surface area contributed by atoms with E-state index in [0.717, 1.165) is 23.4 Å². The summed E-state index contributed by atoms with van der Waals surface area (Å²) in [6, 6.07) is 7.45. The van der Waals surface area contributed by atoms with Gasteiger partial charge in [-0.15, -0.1) is 0 Å². The van der Waals surface area contributed by atoms with Gasteiger partial charge in [0.25, 0.3) is 0 Å². The minimum atomic E-state index is -1.26. The minimum Gasteiger partial charge on any atom is -0.385 e. The standard InChI is InChI=1S/C22H24N2O4/c1-23-8-7-21-14-4-2-3-5-15(14)24-18(26)10-16-19(20(21)24)22(27,11-17(21)25)13(12-23)6-9-28-16/h2-6,16,19-20,27H,7-12H2,1H3. The quantitative estimate of drug-likeness (QED) is 0.681. The highest BCUT2D eigenvalue weighted by atomic mass is 16.5. The molecule has 5 atom stereocenters. The molecule has 3 saturated heterocycles. The molecule has 146 valence electrons. The number of benzene rings is 1. The molecule has 7 rings (SSSR count). The van der Waals surface area contributed by atoms with Crippen molar-refractivity contribution in [3.8, 4) is 0 Å². The number of hydrogen-bond acceptors (Lipinski definition) is 5. The van der Waals surface area contributed by atoms with E-state index in [2.05, 4.69) is 4.90 Å². The Morgan fingerprint density at radius 3 is 2.93 bits per heavy atom. The molecule has 1 aliphatic carbocycles. The van der Waals surface area contributed by atoms with Crippen LogP contribution >= 0.6 is 0 Å². The molecule has 0 radical (unpaired) electrons. The van der Waals surface area contributed by atoms with Crippen LogP contribution in [-0.2, 0) is 19.7 Å². The molecule has 6 heteroatoms. The van der Waals surface area contributed by atoms with E-state index < -0.39 is 11.0 Å². The zero-order valence-corrected chi connectivity index (χ0v) is 15.9. The van der Waals surface area contributed by atoms with Gasteiger partial charge < -0.3 is 19.6 Å². The summed E-state index contributed by atoms with van der Waals surface area (Å²) in [6.07, 6.45) is 2.58. The molecule has 0 aromatic heterocycles. The molecule has 1 amide bonds. The van der Waals surface area contributed by atoms with Gasteiger partial charge in [-0.2, -0.15) is 0 Å². The Balaban J connectivity index is 1.69. The normalized spacial score (nSPS) is 41.7. The van der Waals surface area contributed by atoms with Crippen LogP contribution in [0.2, 0.25) is 0 Å². The van der Waals surface area contributed by atoms with E-state index in [1.54, 1.807) is 0 Å². The summed E-state index contributed by atoms with van der Waals surface area (Å²) in [7, 11) is 2.03. The number of likely N-dealkylation sites (N-methyl/N-ethyl adjacent to an activating group) is 1. The smallest absolute Gasteiger partial charge is 0.229 e. The zero-order valence-electron chi connectivity index (χ0n) is 15.9. The number of ketones is 1. The Morgan fingerprint density at radius 2 is 2.07 bits per heavy atom. The summed E-state index contributed by atoms with van der Waals surface area (Å²) in [5.41, 5.74) is 0.639. The lowest BCUT2D eigenvalue weighted by molar-refractivity contribution is -0.157. The Bertz CT molecular complexity index is 942. The van der Waals surface area contributed by atoms with Gasteiger partial charge in [-0.1, -0.05) is 24.3 Å². The Morgan fingerprint density at radius 1 is 1.25 bits per heavy atom. The van der Waals surface area contributed by atoms with Gasteiger partial charge in [-0.25, -0.2) is 0 Å². The van der Waals surface area contributed by atoms with Gasteiger partial charge in [0, 0.05) is 24.6 Å². The number of piperidine rings is 1. The predicted molar refractivity (Wildman–Crippen MR) is 102 cm³/mol. The third-order valence-electron chi connectivity index (χ3n) is 7.82. The Hall–Kier alpha value is -2.02. The average Bonchev–Trinajstić information content (AvgIpc) is 2.92. The highest BCUT2D eigenvalue weighted by molar-refractivity contribution is 6.06. The van der Waals surface area contributed by atoms with Crippen molar-refractivity contribution in [2.75, 3.05) is 31.6 Å². The van der Waals surface area contributed by atoms with Gasteiger partial charge in [-0.05, 0) is 37.2 Å². The van der Waals surface area contributed by atoms with Gasteiger partial charge in [0.05, 0.1) is 30.6 Å². The van der Waals surface area contributed by atoms with Crippen LogP contribution in [0.25, 0.3) is 0 Å². The lowest BCUT2D eigenvalue weighted by Gasteiger charge is -2.56. The second-order valence-electron chi connectivity index (χ2n) is 9.04. The van der Waals surface area contributed by atoms with E-state index in [1.165, 1.54) is 0 Å². The third-order valence-corrected chi connectivity index (χ3v) is 7.82. The maximum absolute atomic E-state index is 13.8. The molecule has 6 nitrogen and oxygen atoms in total. The average molecular weight is 380 g/mol. The first kappa shape index (κ1) is 16.9. The van der Waals surface area contributed by atoms with Gasteiger partial charge in [0.2, 0.25) is 5.91 Å². The summed E-state index contributed by atoms with van der Waals surface area (Å²) < 4.78 is 6.10. The number of nitrogens with zero attached hydrogens (tertiary/aromatic N) is 2. The molecule has 5 unspecified atom stereocenters. The summed E-state index contributed by atoms with van der Waals surface area (Å²) in [5, 5.41) is 12.0.